The molecule has 16 heteroatoms. The molecule has 0 radical (unpaired) electrons. The number of carbonyl (C=O) groups excluding carboxylic acids is 2. The first-order chi connectivity index (χ1) is 26.8. The summed E-state index contributed by atoms with van der Waals surface area (Å²) in [4.78, 5) is 40.6. The SMILES string of the molecule is O=C(Nc1cc(Cl)cc(Cl)c1)c1ccc2nc(-c3c(Cl)cccc3Cl)[nH]c2c1.O=C(Nc1ccc(Cl)cc1Cl)c1ccc2nc(-c3c(Cl)cccc3Cl)[nH]c2c1. The van der Waals surface area contributed by atoms with Crippen molar-refractivity contribution in [1.82, 2.24) is 19.9 Å². The Labute approximate surface area is 359 Å². The van der Waals surface area contributed by atoms with Crippen molar-refractivity contribution in [3.63, 3.8) is 0 Å². The van der Waals surface area contributed by atoms with Crippen LogP contribution in [0.5, 0.6) is 0 Å². The molecule has 4 N–H and O–H groups in total. The number of nitrogens with zero attached hydrogens (tertiary/aromatic N) is 2. The first kappa shape index (κ1) is 39.7. The largest absolute Gasteiger partial charge is 0.338 e. The summed E-state index contributed by atoms with van der Waals surface area (Å²) < 4.78 is 0. The number of imidazole rings is 2. The number of rotatable bonds is 6. The van der Waals surface area contributed by atoms with Crippen molar-refractivity contribution in [1.29, 1.82) is 0 Å². The number of anilines is 2. The van der Waals surface area contributed by atoms with Gasteiger partial charge >= 0.3 is 0 Å². The Kier molecular flexibility index (Phi) is 12.0. The van der Waals surface area contributed by atoms with Crippen molar-refractivity contribution in [3.05, 3.63) is 161 Å². The molecule has 0 saturated heterocycles. The standard InChI is InChI=1S/2C20H11Cl4N3O/c21-11-5-7-15(14(24)9-11)27-20(28)10-4-6-16-17(8-10)26-19(25-16)18-12(22)2-1-3-13(18)23;21-11-7-12(22)9-13(8-11)25-20(28)10-4-5-16-17(6-10)27-19(26-16)18-14(23)2-1-3-15(18)24/h1-9H,(H,25,26)(H,27,28);1-9H,(H,25,28)(H,26,27). The van der Waals surface area contributed by atoms with Gasteiger partial charge < -0.3 is 20.6 Å². The Bertz CT molecular complexity index is 2760. The molecule has 2 aromatic heterocycles. The number of nitrogens with one attached hydrogen (secondary N) is 4. The number of aromatic nitrogens is 4. The summed E-state index contributed by atoms with van der Waals surface area (Å²) >= 11 is 49.0. The maximum absolute atomic E-state index is 12.6. The molecule has 8 aromatic rings. The molecule has 280 valence electrons. The van der Waals surface area contributed by atoms with E-state index in [-0.39, 0.29) is 11.8 Å². The van der Waals surface area contributed by atoms with Crippen LogP contribution in [0, 0.1) is 0 Å². The average Bonchev–Trinajstić information content (AvgIpc) is 3.76. The van der Waals surface area contributed by atoms with Crippen LogP contribution < -0.4 is 10.6 Å². The molecule has 6 aromatic carbocycles. The van der Waals surface area contributed by atoms with Crippen molar-refractivity contribution < 1.29 is 9.59 Å². The third-order valence-corrected chi connectivity index (χ3v) is 10.4. The van der Waals surface area contributed by atoms with Gasteiger partial charge in [0.2, 0.25) is 0 Å². The van der Waals surface area contributed by atoms with Crippen LogP contribution in [-0.2, 0) is 0 Å². The molecule has 0 unspecified atom stereocenters. The van der Waals surface area contributed by atoms with Gasteiger partial charge in [-0.1, -0.05) is 105 Å². The smallest absolute Gasteiger partial charge is 0.255 e. The fourth-order valence-electron chi connectivity index (χ4n) is 5.60. The second-order valence-corrected chi connectivity index (χ2v) is 15.4. The van der Waals surface area contributed by atoms with E-state index in [4.69, 9.17) is 92.8 Å². The van der Waals surface area contributed by atoms with Gasteiger partial charge in [-0.25, -0.2) is 9.97 Å². The van der Waals surface area contributed by atoms with Crippen molar-refractivity contribution in [3.8, 4) is 22.8 Å². The van der Waals surface area contributed by atoms with Gasteiger partial charge in [-0.3, -0.25) is 9.59 Å². The molecule has 0 bridgehead atoms. The average molecular weight is 902 g/mol. The molecule has 0 saturated carbocycles. The van der Waals surface area contributed by atoms with Crippen molar-refractivity contribution >= 4 is 138 Å². The number of hydrogen-bond donors (Lipinski definition) is 4. The number of fused-ring (bicyclic) bond motifs is 2. The first-order valence-corrected chi connectivity index (χ1v) is 19.3. The molecular weight excluding hydrogens is 880 g/mol. The Balaban J connectivity index is 0.000000172. The zero-order valence-corrected chi connectivity index (χ0v) is 34.2. The minimum absolute atomic E-state index is 0.299. The number of amides is 2. The number of aromatic amines is 2. The Morgan fingerprint density at radius 2 is 0.929 bits per heavy atom. The van der Waals surface area contributed by atoms with Crippen LogP contribution in [0.2, 0.25) is 40.2 Å². The topological polar surface area (TPSA) is 116 Å². The van der Waals surface area contributed by atoms with Crippen LogP contribution in [0.3, 0.4) is 0 Å². The first-order valence-electron chi connectivity index (χ1n) is 16.2. The second kappa shape index (κ2) is 16.9. The van der Waals surface area contributed by atoms with Crippen LogP contribution in [0.4, 0.5) is 11.4 Å². The third-order valence-electron chi connectivity index (χ3n) is 8.19. The summed E-state index contributed by atoms with van der Waals surface area (Å²) in [7, 11) is 0. The number of benzene rings is 6. The van der Waals surface area contributed by atoms with E-state index >= 15 is 0 Å². The summed E-state index contributed by atoms with van der Waals surface area (Å²) in [6.07, 6.45) is 0. The highest BCUT2D eigenvalue weighted by Gasteiger charge is 2.17. The van der Waals surface area contributed by atoms with E-state index in [2.05, 4.69) is 30.6 Å². The molecule has 2 amide bonds. The molecule has 8 rings (SSSR count). The molecule has 2 heterocycles. The summed E-state index contributed by atoms with van der Waals surface area (Å²) in [5.41, 5.74) is 5.84. The highest BCUT2D eigenvalue weighted by molar-refractivity contribution is 6.40. The molecule has 0 fully saturated rings. The summed E-state index contributed by atoms with van der Waals surface area (Å²) in [5.74, 6) is 0.457. The molecule has 0 aliphatic carbocycles. The predicted molar refractivity (Wildman–Crippen MR) is 232 cm³/mol. The van der Waals surface area contributed by atoms with Crippen molar-refractivity contribution in [2.45, 2.75) is 0 Å². The second-order valence-electron chi connectivity index (χ2n) is 12.0. The van der Waals surface area contributed by atoms with E-state index in [9.17, 15) is 9.59 Å². The molecular formula is C40H22Cl8N6O2. The Morgan fingerprint density at radius 1 is 0.464 bits per heavy atom. The normalized spacial score (nSPS) is 11.0. The quantitative estimate of drug-likeness (QED) is 0.133. The lowest BCUT2D eigenvalue weighted by atomic mass is 10.2. The van der Waals surface area contributed by atoms with Crippen LogP contribution in [-0.4, -0.2) is 31.8 Å². The van der Waals surface area contributed by atoms with Gasteiger partial charge in [0.1, 0.15) is 11.6 Å². The summed E-state index contributed by atoms with van der Waals surface area (Å²) in [6.45, 7) is 0. The van der Waals surface area contributed by atoms with Gasteiger partial charge in [-0.15, -0.1) is 0 Å². The number of hydrogen-bond acceptors (Lipinski definition) is 4. The molecule has 0 spiro atoms. The minimum atomic E-state index is -0.307. The summed E-state index contributed by atoms with van der Waals surface area (Å²) in [6, 6.07) is 30.5. The Hall–Kier alpha value is -4.48. The highest BCUT2D eigenvalue weighted by Crippen LogP contribution is 2.36. The fraction of sp³-hybridized carbons (Fsp3) is 0. The van der Waals surface area contributed by atoms with Gasteiger partial charge in [0.25, 0.3) is 11.8 Å². The number of H-pyrrole nitrogens is 2. The lowest BCUT2D eigenvalue weighted by molar-refractivity contribution is 0.101. The number of halogens is 8. The molecule has 0 atom stereocenters. The third kappa shape index (κ3) is 8.89. The van der Waals surface area contributed by atoms with Crippen LogP contribution >= 0.6 is 92.8 Å². The van der Waals surface area contributed by atoms with E-state index < -0.39 is 0 Å². The van der Waals surface area contributed by atoms with Gasteiger partial charge in [0.05, 0.1) is 64.0 Å². The zero-order chi connectivity index (χ0) is 39.7. The van der Waals surface area contributed by atoms with Gasteiger partial charge in [0, 0.05) is 31.9 Å². The van der Waals surface area contributed by atoms with E-state index in [0.29, 0.717) is 108 Å². The van der Waals surface area contributed by atoms with Crippen LogP contribution in [0.25, 0.3) is 44.8 Å². The van der Waals surface area contributed by atoms with E-state index in [1.165, 1.54) is 0 Å². The fourth-order valence-corrected chi connectivity index (χ4v) is 7.74. The molecule has 8 nitrogen and oxygen atoms in total. The highest BCUT2D eigenvalue weighted by atomic mass is 35.5. The van der Waals surface area contributed by atoms with Crippen LogP contribution in [0.15, 0.2) is 109 Å². The van der Waals surface area contributed by atoms with E-state index in [1.54, 1.807) is 109 Å². The monoisotopic (exact) mass is 898 g/mol. The maximum Gasteiger partial charge on any atom is 0.255 e. The molecule has 0 aliphatic heterocycles. The summed E-state index contributed by atoms with van der Waals surface area (Å²) in [5, 5.41) is 9.23. The van der Waals surface area contributed by atoms with Crippen LogP contribution in [0.1, 0.15) is 20.7 Å². The molecule has 0 aliphatic rings. The Morgan fingerprint density at radius 3 is 1.39 bits per heavy atom. The van der Waals surface area contributed by atoms with Gasteiger partial charge in [0.15, 0.2) is 0 Å². The van der Waals surface area contributed by atoms with Gasteiger partial charge in [-0.05, 0) is 97.1 Å². The van der Waals surface area contributed by atoms with E-state index in [0.717, 1.165) is 0 Å². The molecule has 56 heavy (non-hydrogen) atoms. The lowest BCUT2D eigenvalue weighted by Gasteiger charge is -2.07. The minimum Gasteiger partial charge on any atom is -0.338 e. The zero-order valence-electron chi connectivity index (χ0n) is 28.1. The van der Waals surface area contributed by atoms with Gasteiger partial charge in [-0.2, -0.15) is 0 Å². The predicted octanol–water partition coefficient (Wildman–Crippen LogP) is 14.2. The van der Waals surface area contributed by atoms with Crippen molar-refractivity contribution in [2.75, 3.05) is 10.6 Å². The maximum atomic E-state index is 12.6. The lowest BCUT2D eigenvalue weighted by Crippen LogP contribution is -2.12. The number of carbonyl (C=O) groups is 2. The van der Waals surface area contributed by atoms with Crippen molar-refractivity contribution in [2.24, 2.45) is 0 Å². The van der Waals surface area contributed by atoms with E-state index in [1.807, 2.05) is 0 Å².